The Labute approximate surface area is 70.8 Å². The maximum Gasteiger partial charge on any atom is 0.0668 e. The van der Waals surface area contributed by atoms with Crippen molar-refractivity contribution in [1.29, 1.82) is 0 Å². The van der Waals surface area contributed by atoms with E-state index in [2.05, 4.69) is 49.4 Å². The molecular formula is C7H14IN. The lowest BCUT2D eigenvalue weighted by Gasteiger charge is -2.09. The molecule has 0 radical (unpaired) electrons. The maximum atomic E-state index is 5.48. The third-order valence-corrected chi connectivity index (χ3v) is 1.83. The van der Waals surface area contributed by atoms with E-state index in [9.17, 15) is 0 Å². The Morgan fingerprint density at radius 2 is 1.89 bits per heavy atom. The van der Waals surface area contributed by atoms with E-state index in [1.165, 1.54) is 0 Å². The Morgan fingerprint density at radius 1 is 1.44 bits per heavy atom. The lowest BCUT2D eigenvalue weighted by molar-refractivity contribution is 0.503. The van der Waals surface area contributed by atoms with Crippen LogP contribution >= 0.6 is 22.6 Å². The SMILES string of the molecule is CC(C)C(C)/C=C(\N)I. The third kappa shape index (κ3) is 4.75. The van der Waals surface area contributed by atoms with Crippen LogP contribution in [0.3, 0.4) is 0 Å². The molecule has 0 aromatic carbocycles. The van der Waals surface area contributed by atoms with Crippen molar-refractivity contribution in [3.05, 3.63) is 9.78 Å². The van der Waals surface area contributed by atoms with Crippen molar-refractivity contribution in [3.8, 4) is 0 Å². The highest BCUT2D eigenvalue weighted by Crippen LogP contribution is 2.13. The van der Waals surface area contributed by atoms with Gasteiger partial charge in [-0.1, -0.05) is 26.8 Å². The van der Waals surface area contributed by atoms with E-state index >= 15 is 0 Å². The molecule has 0 amide bonds. The molecule has 0 aliphatic carbocycles. The maximum absolute atomic E-state index is 5.48. The lowest BCUT2D eigenvalue weighted by Crippen LogP contribution is -2.02. The number of halogens is 1. The van der Waals surface area contributed by atoms with Crippen molar-refractivity contribution in [3.63, 3.8) is 0 Å². The second-order valence-corrected chi connectivity index (χ2v) is 3.90. The minimum atomic E-state index is 0.599. The summed E-state index contributed by atoms with van der Waals surface area (Å²) in [4.78, 5) is 0. The molecule has 2 heteroatoms. The fraction of sp³-hybridized carbons (Fsp3) is 0.714. The summed E-state index contributed by atoms with van der Waals surface area (Å²) in [5, 5.41) is 0. The summed E-state index contributed by atoms with van der Waals surface area (Å²) >= 11 is 2.13. The highest BCUT2D eigenvalue weighted by Gasteiger charge is 2.02. The second kappa shape index (κ2) is 4.14. The van der Waals surface area contributed by atoms with Crippen LogP contribution < -0.4 is 5.73 Å². The van der Waals surface area contributed by atoms with Gasteiger partial charge in [0.05, 0.1) is 3.70 Å². The molecular weight excluding hydrogens is 225 g/mol. The zero-order valence-electron chi connectivity index (χ0n) is 6.19. The van der Waals surface area contributed by atoms with Gasteiger partial charge in [-0.05, 0) is 34.4 Å². The van der Waals surface area contributed by atoms with E-state index in [1.54, 1.807) is 0 Å². The fourth-order valence-electron chi connectivity index (χ4n) is 0.444. The molecule has 1 atom stereocenters. The molecule has 0 bridgehead atoms. The molecule has 0 saturated heterocycles. The van der Waals surface area contributed by atoms with Crippen molar-refractivity contribution >= 4 is 22.6 Å². The van der Waals surface area contributed by atoms with Crippen LogP contribution in [-0.4, -0.2) is 0 Å². The first-order valence-corrected chi connectivity index (χ1v) is 4.24. The minimum absolute atomic E-state index is 0.599. The molecule has 0 aliphatic heterocycles. The summed E-state index contributed by atoms with van der Waals surface area (Å²) in [6.45, 7) is 6.57. The van der Waals surface area contributed by atoms with Crippen molar-refractivity contribution in [1.82, 2.24) is 0 Å². The van der Waals surface area contributed by atoms with Crippen LogP contribution in [0.1, 0.15) is 20.8 Å². The Balaban J connectivity index is 3.76. The van der Waals surface area contributed by atoms with Crippen LogP contribution in [-0.2, 0) is 0 Å². The van der Waals surface area contributed by atoms with Crippen LogP contribution in [0.25, 0.3) is 0 Å². The zero-order valence-corrected chi connectivity index (χ0v) is 8.34. The van der Waals surface area contributed by atoms with Crippen LogP contribution in [0.2, 0.25) is 0 Å². The molecule has 9 heavy (non-hydrogen) atoms. The summed E-state index contributed by atoms with van der Waals surface area (Å²) in [6.07, 6.45) is 2.09. The van der Waals surface area contributed by atoms with Crippen LogP contribution in [0.4, 0.5) is 0 Å². The van der Waals surface area contributed by atoms with Gasteiger partial charge >= 0.3 is 0 Å². The van der Waals surface area contributed by atoms with Crippen molar-refractivity contribution in [2.24, 2.45) is 17.6 Å². The predicted molar refractivity (Wildman–Crippen MR) is 50.3 cm³/mol. The zero-order chi connectivity index (χ0) is 7.44. The van der Waals surface area contributed by atoms with Gasteiger partial charge in [0.15, 0.2) is 0 Å². The molecule has 0 fully saturated rings. The van der Waals surface area contributed by atoms with Gasteiger partial charge in [-0.25, -0.2) is 0 Å². The molecule has 0 heterocycles. The van der Waals surface area contributed by atoms with Gasteiger partial charge in [0.1, 0.15) is 0 Å². The van der Waals surface area contributed by atoms with Crippen molar-refractivity contribution in [2.75, 3.05) is 0 Å². The normalized spacial score (nSPS) is 16.3. The molecule has 1 nitrogen and oxygen atoms in total. The van der Waals surface area contributed by atoms with Crippen LogP contribution in [0.15, 0.2) is 9.78 Å². The van der Waals surface area contributed by atoms with Crippen molar-refractivity contribution < 1.29 is 0 Å². The number of hydrogen-bond donors (Lipinski definition) is 1. The van der Waals surface area contributed by atoms with Gasteiger partial charge in [0.2, 0.25) is 0 Å². The molecule has 0 aromatic heterocycles. The average molecular weight is 239 g/mol. The molecule has 0 aliphatic rings. The van der Waals surface area contributed by atoms with E-state index in [4.69, 9.17) is 5.73 Å². The second-order valence-electron chi connectivity index (χ2n) is 2.65. The molecule has 54 valence electrons. The summed E-state index contributed by atoms with van der Waals surface area (Å²) < 4.78 is 0.897. The summed E-state index contributed by atoms with van der Waals surface area (Å²) in [6, 6.07) is 0. The van der Waals surface area contributed by atoms with Gasteiger partial charge in [0.25, 0.3) is 0 Å². The summed E-state index contributed by atoms with van der Waals surface area (Å²) in [5.41, 5.74) is 5.48. The van der Waals surface area contributed by atoms with Gasteiger partial charge < -0.3 is 5.73 Å². The fourth-order valence-corrected chi connectivity index (χ4v) is 1.01. The van der Waals surface area contributed by atoms with Crippen LogP contribution in [0.5, 0.6) is 0 Å². The molecule has 0 spiro atoms. The Morgan fingerprint density at radius 3 is 2.00 bits per heavy atom. The summed E-state index contributed by atoms with van der Waals surface area (Å²) in [5.74, 6) is 1.29. The van der Waals surface area contributed by atoms with Gasteiger partial charge in [-0.2, -0.15) is 0 Å². The smallest absolute Gasteiger partial charge is 0.0668 e. The Kier molecular flexibility index (Phi) is 4.27. The number of rotatable bonds is 2. The molecule has 0 saturated carbocycles. The summed E-state index contributed by atoms with van der Waals surface area (Å²) in [7, 11) is 0. The first-order chi connectivity index (χ1) is 4.04. The highest BCUT2D eigenvalue weighted by molar-refractivity contribution is 14.1. The van der Waals surface area contributed by atoms with Gasteiger partial charge in [-0.3, -0.25) is 0 Å². The quantitative estimate of drug-likeness (QED) is 0.581. The first kappa shape index (κ1) is 9.27. The first-order valence-electron chi connectivity index (χ1n) is 3.17. The topological polar surface area (TPSA) is 26.0 Å². The molecule has 2 N–H and O–H groups in total. The lowest BCUT2D eigenvalue weighted by atomic mass is 9.98. The molecule has 0 aromatic rings. The minimum Gasteiger partial charge on any atom is -0.394 e. The number of nitrogens with two attached hydrogens (primary N) is 1. The van der Waals surface area contributed by atoms with Crippen LogP contribution in [0, 0.1) is 11.8 Å². The van der Waals surface area contributed by atoms with E-state index in [1.807, 2.05) is 0 Å². The molecule has 0 rings (SSSR count). The monoisotopic (exact) mass is 239 g/mol. The average Bonchev–Trinajstić information content (AvgIpc) is 1.63. The Bertz CT molecular complexity index is 103. The van der Waals surface area contributed by atoms with E-state index in [0.717, 1.165) is 3.70 Å². The standard InChI is InChI=1S/C7H14IN/c1-5(2)6(3)4-7(8)9/h4-6H,9H2,1-3H3/b7-4-. The van der Waals surface area contributed by atoms with Gasteiger partial charge in [0, 0.05) is 0 Å². The van der Waals surface area contributed by atoms with E-state index < -0.39 is 0 Å². The highest BCUT2D eigenvalue weighted by atomic mass is 127. The van der Waals surface area contributed by atoms with Crippen molar-refractivity contribution in [2.45, 2.75) is 20.8 Å². The van der Waals surface area contributed by atoms with Gasteiger partial charge in [-0.15, -0.1) is 0 Å². The number of hydrogen-bond acceptors (Lipinski definition) is 1. The van der Waals surface area contributed by atoms with E-state index in [-0.39, 0.29) is 0 Å². The number of allylic oxidation sites excluding steroid dienone is 1. The third-order valence-electron chi connectivity index (χ3n) is 1.47. The predicted octanol–water partition coefficient (Wildman–Crippen LogP) is 2.51. The largest absolute Gasteiger partial charge is 0.394 e. The Hall–Kier alpha value is 0.270. The molecule has 1 unspecified atom stereocenters. The van der Waals surface area contributed by atoms with E-state index in [0.29, 0.717) is 11.8 Å².